The first-order valence-electron chi connectivity index (χ1n) is 7.51. The maximum atomic E-state index is 5.79. The SMILES string of the molecule is CC1CN(C)CCN1CCCOc1cccc(C(N)=S)c1. The second-order valence-electron chi connectivity index (χ2n) is 5.74. The average Bonchev–Trinajstić information content (AvgIpc) is 2.45. The van der Waals surface area contributed by atoms with Crippen LogP contribution in [-0.4, -0.2) is 60.7 Å². The molecule has 0 bridgehead atoms. The lowest BCUT2D eigenvalue weighted by molar-refractivity contribution is 0.0945. The van der Waals surface area contributed by atoms with Crippen LogP contribution in [0.25, 0.3) is 0 Å². The highest BCUT2D eigenvalue weighted by molar-refractivity contribution is 7.80. The largest absolute Gasteiger partial charge is 0.494 e. The van der Waals surface area contributed by atoms with E-state index in [0.29, 0.717) is 11.0 Å². The predicted molar refractivity (Wildman–Crippen MR) is 91.0 cm³/mol. The van der Waals surface area contributed by atoms with Gasteiger partial charge in [0.2, 0.25) is 0 Å². The van der Waals surface area contributed by atoms with Gasteiger partial charge in [-0.1, -0.05) is 24.4 Å². The van der Waals surface area contributed by atoms with Gasteiger partial charge in [-0.3, -0.25) is 4.90 Å². The van der Waals surface area contributed by atoms with E-state index >= 15 is 0 Å². The Kier molecular flexibility index (Phi) is 5.96. The molecule has 0 saturated carbocycles. The lowest BCUT2D eigenvalue weighted by Gasteiger charge is -2.38. The number of benzene rings is 1. The minimum Gasteiger partial charge on any atom is -0.494 e. The number of nitrogens with zero attached hydrogens (tertiary/aromatic N) is 2. The van der Waals surface area contributed by atoms with Crippen molar-refractivity contribution in [1.82, 2.24) is 9.80 Å². The highest BCUT2D eigenvalue weighted by Gasteiger charge is 2.20. The Labute approximate surface area is 132 Å². The molecule has 1 aliphatic heterocycles. The molecule has 0 aliphatic carbocycles. The fraction of sp³-hybridized carbons (Fsp3) is 0.562. The third kappa shape index (κ3) is 4.95. The van der Waals surface area contributed by atoms with Crippen molar-refractivity contribution in [2.24, 2.45) is 5.73 Å². The van der Waals surface area contributed by atoms with E-state index in [2.05, 4.69) is 23.8 Å². The zero-order valence-corrected chi connectivity index (χ0v) is 13.7. The Morgan fingerprint density at radius 2 is 2.24 bits per heavy atom. The average molecular weight is 307 g/mol. The molecule has 0 spiro atoms. The maximum absolute atomic E-state index is 5.79. The van der Waals surface area contributed by atoms with Crippen molar-refractivity contribution in [2.45, 2.75) is 19.4 Å². The van der Waals surface area contributed by atoms with Gasteiger partial charge in [0.05, 0.1) is 6.61 Å². The highest BCUT2D eigenvalue weighted by Crippen LogP contribution is 2.14. The summed E-state index contributed by atoms with van der Waals surface area (Å²) in [5, 5.41) is 0. The Morgan fingerprint density at radius 3 is 2.95 bits per heavy atom. The molecule has 116 valence electrons. The molecule has 1 heterocycles. The van der Waals surface area contributed by atoms with Gasteiger partial charge in [-0.2, -0.15) is 0 Å². The van der Waals surface area contributed by atoms with Crippen LogP contribution in [0.2, 0.25) is 0 Å². The molecule has 4 nitrogen and oxygen atoms in total. The Balaban J connectivity index is 1.72. The Morgan fingerprint density at radius 1 is 1.43 bits per heavy atom. The fourth-order valence-electron chi connectivity index (χ4n) is 2.71. The number of likely N-dealkylation sites (N-methyl/N-ethyl adjacent to an activating group) is 1. The summed E-state index contributed by atoms with van der Waals surface area (Å²) in [6.07, 6.45) is 1.03. The number of thiocarbonyl (C=S) groups is 1. The molecule has 0 radical (unpaired) electrons. The zero-order valence-electron chi connectivity index (χ0n) is 12.9. The summed E-state index contributed by atoms with van der Waals surface area (Å²) in [7, 11) is 2.19. The van der Waals surface area contributed by atoms with Gasteiger partial charge in [0.1, 0.15) is 10.7 Å². The maximum Gasteiger partial charge on any atom is 0.119 e. The summed E-state index contributed by atoms with van der Waals surface area (Å²) in [4.78, 5) is 5.33. The lowest BCUT2D eigenvalue weighted by atomic mass is 10.2. The quantitative estimate of drug-likeness (QED) is 0.640. The van der Waals surface area contributed by atoms with Gasteiger partial charge in [-0.15, -0.1) is 0 Å². The molecule has 0 amide bonds. The van der Waals surface area contributed by atoms with Crippen molar-refractivity contribution in [3.63, 3.8) is 0 Å². The van der Waals surface area contributed by atoms with E-state index in [1.165, 1.54) is 0 Å². The van der Waals surface area contributed by atoms with Gasteiger partial charge in [0.25, 0.3) is 0 Å². The summed E-state index contributed by atoms with van der Waals surface area (Å²) in [5.74, 6) is 0.840. The van der Waals surface area contributed by atoms with E-state index in [1.807, 2.05) is 24.3 Å². The number of hydrogen-bond donors (Lipinski definition) is 1. The Hall–Kier alpha value is -1.17. The van der Waals surface area contributed by atoms with E-state index in [9.17, 15) is 0 Å². The topological polar surface area (TPSA) is 41.7 Å². The highest BCUT2D eigenvalue weighted by atomic mass is 32.1. The standard InChI is InChI=1S/C16H25N3OS/c1-13-12-18(2)8-9-19(13)7-4-10-20-15-6-3-5-14(11-15)16(17)21/h3,5-6,11,13H,4,7-10,12H2,1-2H3,(H2,17,21). The fourth-order valence-corrected chi connectivity index (χ4v) is 2.83. The molecule has 1 saturated heterocycles. The van der Waals surface area contributed by atoms with Crippen LogP contribution >= 0.6 is 12.2 Å². The van der Waals surface area contributed by atoms with Crippen molar-refractivity contribution >= 4 is 17.2 Å². The van der Waals surface area contributed by atoms with Crippen LogP contribution in [-0.2, 0) is 0 Å². The van der Waals surface area contributed by atoms with Crippen molar-refractivity contribution in [2.75, 3.05) is 39.8 Å². The molecule has 0 aromatic heterocycles. The van der Waals surface area contributed by atoms with Crippen LogP contribution in [0.1, 0.15) is 18.9 Å². The van der Waals surface area contributed by atoms with Crippen LogP contribution in [0, 0.1) is 0 Å². The van der Waals surface area contributed by atoms with Gasteiger partial charge in [-0.25, -0.2) is 0 Å². The molecule has 5 heteroatoms. The van der Waals surface area contributed by atoms with Crippen LogP contribution in [0.15, 0.2) is 24.3 Å². The van der Waals surface area contributed by atoms with Crippen LogP contribution in [0.4, 0.5) is 0 Å². The number of nitrogens with two attached hydrogens (primary N) is 1. The molecular weight excluding hydrogens is 282 g/mol. The molecule has 1 unspecified atom stereocenters. The molecular formula is C16H25N3OS. The minimum absolute atomic E-state index is 0.409. The molecule has 2 rings (SSSR count). The summed E-state index contributed by atoms with van der Waals surface area (Å²) in [5.41, 5.74) is 6.48. The third-order valence-corrected chi connectivity index (χ3v) is 4.18. The molecule has 1 aromatic rings. The minimum atomic E-state index is 0.409. The first-order chi connectivity index (χ1) is 10.1. The van der Waals surface area contributed by atoms with E-state index in [1.54, 1.807) is 0 Å². The molecule has 1 aromatic carbocycles. The molecule has 1 aliphatic rings. The van der Waals surface area contributed by atoms with Gasteiger partial charge in [0.15, 0.2) is 0 Å². The number of hydrogen-bond acceptors (Lipinski definition) is 4. The zero-order chi connectivity index (χ0) is 15.2. The summed E-state index contributed by atoms with van der Waals surface area (Å²) < 4.78 is 5.79. The van der Waals surface area contributed by atoms with Gasteiger partial charge in [0, 0.05) is 37.8 Å². The number of ether oxygens (including phenoxy) is 1. The predicted octanol–water partition coefficient (Wildman–Crippen LogP) is 1.73. The van der Waals surface area contributed by atoms with Gasteiger partial charge in [-0.05, 0) is 32.5 Å². The van der Waals surface area contributed by atoms with Gasteiger partial charge >= 0.3 is 0 Å². The lowest BCUT2D eigenvalue weighted by Crippen LogP contribution is -2.50. The van der Waals surface area contributed by atoms with Crippen LogP contribution in [0.3, 0.4) is 0 Å². The first-order valence-corrected chi connectivity index (χ1v) is 7.92. The number of rotatable bonds is 6. The molecule has 1 atom stereocenters. The Bertz CT molecular complexity index is 480. The second-order valence-corrected chi connectivity index (χ2v) is 6.18. The van der Waals surface area contributed by atoms with E-state index in [4.69, 9.17) is 22.7 Å². The van der Waals surface area contributed by atoms with Gasteiger partial charge < -0.3 is 15.4 Å². The van der Waals surface area contributed by atoms with Crippen LogP contribution < -0.4 is 10.5 Å². The van der Waals surface area contributed by atoms with Crippen molar-refractivity contribution in [1.29, 1.82) is 0 Å². The van der Waals surface area contributed by atoms with Crippen LogP contribution in [0.5, 0.6) is 5.75 Å². The molecule has 21 heavy (non-hydrogen) atoms. The smallest absolute Gasteiger partial charge is 0.119 e. The van der Waals surface area contributed by atoms with E-state index in [0.717, 1.165) is 50.5 Å². The van der Waals surface area contributed by atoms with E-state index in [-0.39, 0.29) is 0 Å². The summed E-state index contributed by atoms with van der Waals surface area (Å²) >= 11 is 4.98. The normalized spacial score (nSPS) is 20.4. The monoisotopic (exact) mass is 307 g/mol. The third-order valence-electron chi connectivity index (χ3n) is 3.95. The summed E-state index contributed by atoms with van der Waals surface area (Å²) in [6, 6.07) is 8.30. The molecule has 1 fully saturated rings. The molecule has 2 N–H and O–H groups in total. The van der Waals surface area contributed by atoms with Crippen molar-refractivity contribution < 1.29 is 4.74 Å². The van der Waals surface area contributed by atoms with E-state index < -0.39 is 0 Å². The summed E-state index contributed by atoms with van der Waals surface area (Å²) in [6.45, 7) is 7.55. The van der Waals surface area contributed by atoms with Crippen molar-refractivity contribution in [3.05, 3.63) is 29.8 Å². The first kappa shape index (κ1) is 16.2. The second kappa shape index (κ2) is 7.73. The number of piperazine rings is 1. The van der Waals surface area contributed by atoms with Crippen molar-refractivity contribution in [3.8, 4) is 5.75 Å².